The van der Waals surface area contributed by atoms with Gasteiger partial charge in [0.15, 0.2) is 0 Å². The zero-order valence-corrected chi connectivity index (χ0v) is 10.9. The number of carbonyl (C=O) groups is 1. The molecule has 1 amide bonds. The number of nitrogens with zero attached hydrogens (tertiary/aromatic N) is 2. The number of imidazole rings is 1. The second-order valence-corrected chi connectivity index (χ2v) is 4.91. The Kier molecular flexibility index (Phi) is 3.21. The van der Waals surface area contributed by atoms with Crippen molar-refractivity contribution in [3.05, 3.63) is 36.3 Å². The molecule has 0 saturated carbocycles. The summed E-state index contributed by atoms with van der Waals surface area (Å²) in [5.41, 5.74) is 1.22. The van der Waals surface area contributed by atoms with E-state index in [1.165, 1.54) is 0 Å². The van der Waals surface area contributed by atoms with Crippen LogP contribution in [-0.2, 0) is 4.74 Å². The van der Waals surface area contributed by atoms with E-state index in [0.29, 0.717) is 5.69 Å². The largest absolute Gasteiger partial charge is 0.376 e. The third-order valence-electron chi connectivity index (χ3n) is 3.48. The van der Waals surface area contributed by atoms with Crippen LogP contribution in [0.25, 0.3) is 5.65 Å². The molecular formula is C14H17N3O2. The topological polar surface area (TPSA) is 55.6 Å². The van der Waals surface area contributed by atoms with E-state index in [4.69, 9.17) is 4.74 Å². The average molecular weight is 259 g/mol. The first-order valence-electron chi connectivity index (χ1n) is 6.60. The van der Waals surface area contributed by atoms with Crippen LogP contribution in [0.2, 0.25) is 0 Å². The van der Waals surface area contributed by atoms with Crippen molar-refractivity contribution in [2.45, 2.75) is 31.9 Å². The van der Waals surface area contributed by atoms with Gasteiger partial charge in [0.2, 0.25) is 0 Å². The van der Waals surface area contributed by atoms with Gasteiger partial charge in [-0.25, -0.2) is 4.98 Å². The molecule has 0 aromatic carbocycles. The molecule has 1 N–H and O–H groups in total. The summed E-state index contributed by atoms with van der Waals surface area (Å²) in [4.78, 5) is 16.4. The molecule has 19 heavy (non-hydrogen) atoms. The van der Waals surface area contributed by atoms with Gasteiger partial charge in [0, 0.05) is 19.0 Å². The number of hydrogen-bond donors (Lipinski definition) is 1. The number of hydrogen-bond acceptors (Lipinski definition) is 3. The Bertz CT molecular complexity index is 554. The first-order valence-corrected chi connectivity index (χ1v) is 6.60. The van der Waals surface area contributed by atoms with Crippen molar-refractivity contribution in [3.8, 4) is 0 Å². The predicted molar refractivity (Wildman–Crippen MR) is 71.1 cm³/mol. The van der Waals surface area contributed by atoms with Crippen LogP contribution in [0.4, 0.5) is 0 Å². The lowest BCUT2D eigenvalue weighted by Gasteiger charge is -2.19. The predicted octanol–water partition coefficient (Wildman–Crippen LogP) is 1.63. The van der Waals surface area contributed by atoms with Crippen molar-refractivity contribution in [2.75, 3.05) is 6.61 Å². The Balaban J connectivity index is 1.72. The lowest BCUT2D eigenvalue weighted by Crippen LogP contribution is -2.40. The van der Waals surface area contributed by atoms with Gasteiger partial charge < -0.3 is 14.5 Å². The molecule has 2 aromatic rings. The quantitative estimate of drug-likeness (QED) is 0.911. The van der Waals surface area contributed by atoms with Crippen LogP contribution in [0.5, 0.6) is 0 Å². The molecule has 5 nitrogen and oxygen atoms in total. The summed E-state index contributed by atoms with van der Waals surface area (Å²) < 4.78 is 7.41. The molecule has 2 aromatic heterocycles. The summed E-state index contributed by atoms with van der Waals surface area (Å²) in [6.07, 6.45) is 5.82. The molecule has 1 aliphatic rings. The van der Waals surface area contributed by atoms with Crippen molar-refractivity contribution in [1.29, 1.82) is 0 Å². The third-order valence-corrected chi connectivity index (χ3v) is 3.48. The molecule has 0 radical (unpaired) electrons. The summed E-state index contributed by atoms with van der Waals surface area (Å²) >= 11 is 0. The highest BCUT2D eigenvalue weighted by atomic mass is 16.5. The van der Waals surface area contributed by atoms with Gasteiger partial charge >= 0.3 is 0 Å². The summed E-state index contributed by atoms with van der Waals surface area (Å²) in [5, 5.41) is 2.96. The van der Waals surface area contributed by atoms with E-state index in [1.807, 2.05) is 35.7 Å². The van der Waals surface area contributed by atoms with E-state index >= 15 is 0 Å². The number of pyridine rings is 1. The molecule has 1 aliphatic heterocycles. The minimum absolute atomic E-state index is 0.0137. The van der Waals surface area contributed by atoms with E-state index in [1.54, 1.807) is 6.20 Å². The van der Waals surface area contributed by atoms with Gasteiger partial charge in [-0.2, -0.15) is 0 Å². The van der Waals surface area contributed by atoms with Crippen molar-refractivity contribution in [3.63, 3.8) is 0 Å². The highest BCUT2D eigenvalue weighted by molar-refractivity contribution is 5.93. The van der Waals surface area contributed by atoms with Gasteiger partial charge in [0.25, 0.3) is 5.91 Å². The number of amides is 1. The monoisotopic (exact) mass is 259 g/mol. The molecule has 100 valence electrons. The summed E-state index contributed by atoms with van der Waals surface area (Å²) in [5.74, 6) is -0.147. The number of aromatic nitrogens is 2. The molecule has 3 heterocycles. The van der Waals surface area contributed by atoms with Crippen molar-refractivity contribution < 1.29 is 9.53 Å². The molecule has 0 bridgehead atoms. The second-order valence-electron chi connectivity index (χ2n) is 4.91. The smallest absolute Gasteiger partial charge is 0.271 e. The van der Waals surface area contributed by atoms with Crippen LogP contribution in [0, 0.1) is 0 Å². The molecule has 0 unspecified atom stereocenters. The Morgan fingerprint density at radius 3 is 3.21 bits per heavy atom. The van der Waals surface area contributed by atoms with E-state index in [0.717, 1.165) is 25.1 Å². The Morgan fingerprint density at radius 2 is 2.47 bits per heavy atom. The maximum atomic E-state index is 12.1. The van der Waals surface area contributed by atoms with Crippen molar-refractivity contribution >= 4 is 11.6 Å². The zero-order valence-electron chi connectivity index (χ0n) is 10.9. The molecule has 0 aliphatic carbocycles. The van der Waals surface area contributed by atoms with Crippen LogP contribution in [0.15, 0.2) is 30.6 Å². The van der Waals surface area contributed by atoms with Gasteiger partial charge in [-0.15, -0.1) is 0 Å². The van der Waals surface area contributed by atoms with Crippen molar-refractivity contribution in [1.82, 2.24) is 14.7 Å². The van der Waals surface area contributed by atoms with Crippen LogP contribution in [0.3, 0.4) is 0 Å². The van der Waals surface area contributed by atoms with Gasteiger partial charge in [-0.1, -0.05) is 6.07 Å². The van der Waals surface area contributed by atoms with Gasteiger partial charge in [-0.3, -0.25) is 4.79 Å². The first-order chi connectivity index (χ1) is 9.24. The molecule has 3 rings (SSSR count). The van der Waals surface area contributed by atoms with E-state index in [-0.39, 0.29) is 18.1 Å². The molecular weight excluding hydrogens is 242 g/mol. The highest BCUT2D eigenvalue weighted by Crippen LogP contribution is 2.15. The average Bonchev–Trinajstić information content (AvgIpc) is 3.07. The van der Waals surface area contributed by atoms with Crippen molar-refractivity contribution in [2.24, 2.45) is 0 Å². The van der Waals surface area contributed by atoms with E-state index in [2.05, 4.69) is 10.3 Å². The Labute approximate surface area is 111 Å². The third kappa shape index (κ3) is 2.46. The Morgan fingerprint density at radius 1 is 1.58 bits per heavy atom. The summed E-state index contributed by atoms with van der Waals surface area (Å²) in [6.45, 7) is 2.77. The number of ether oxygens (including phenoxy) is 1. The maximum Gasteiger partial charge on any atom is 0.271 e. The van der Waals surface area contributed by atoms with Gasteiger partial charge in [0.05, 0.1) is 12.1 Å². The molecule has 2 atom stereocenters. The fourth-order valence-electron chi connectivity index (χ4n) is 2.41. The fourth-order valence-corrected chi connectivity index (χ4v) is 2.41. The maximum absolute atomic E-state index is 12.1. The fraction of sp³-hybridized carbons (Fsp3) is 0.429. The Hall–Kier alpha value is -1.88. The normalized spacial score (nSPS) is 20.6. The number of rotatable bonds is 3. The van der Waals surface area contributed by atoms with Gasteiger partial charge in [-0.05, 0) is 31.9 Å². The molecule has 5 heteroatoms. The van der Waals surface area contributed by atoms with E-state index in [9.17, 15) is 4.79 Å². The lowest BCUT2D eigenvalue weighted by molar-refractivity contribution is 0.0710. The van der Waals surface area contributed by atoms with Gasteiger partial charge in [0.1, 0.15) is 11.3 Å². The lowest BCUT2D eigenvalue weighted by atomic mass is 10.1. The molecule has 1 saturated heterocycles. The second kappa shape index (κ2) is 5.01. The number of nitrogens with one attached hydrogen (secondary N) is 1. The standard InChI is InChI=1S/C14H17N3O2/c1-10(12-5-4-8-19-12)15-14(18)11-9-17-7-3-2-6-13(17)16-11/h2-3,6-7,9-10,12H,4-5,8H2,1H3,(H,15,18)/t10-,12-/m0/s1. The molecule has 1 fully saturated rings. The highest BCUT2D eigenvalue weighted by Gasteiger charge is 2.24. The molecule has 0 spiro atoms. The first kappa shape index (κ1) is 12.2. The van der Waals surface area contributed by atoms with Crippen LogP contribution in [0.1, 0.15) is 30.3 Å². The van der Waals surface area contributed by atoms with Crippen LogP contribution in [-0.4, -0.2) is 34.0 Å². The SMILES string of the molecule is C[C@H](NC(=O)c1cn2ccccc2n1)[C@@H]1CCCO1. The minimum Gasteiger partial charge on any atom is -0.376 e. The number of carbonyl (C=O) groups excluding carboxylic acids is 1. The van der Waals surface area contributed by atoms with Crippen LogP contribution >= 0.6 is 0 Å². The minimum atomic E-state index is -0.147. The van der Waals surface area contributed by atoms with E-state index < -0.39 is 0 Å². The summed E-state index contributed by atoms with van der Waals surface area (Å²) in [7, 11) is 0. The van der Waals surface area contributed by atoms with Crippen LogP contribution < -0.4 is 5.32 Å². The number of fused-ring (bicyclic) bond motifs is 1. The zero-order chi connectivity index (χ0) is 13.2. The summed E-state index contributed by atoms with van der Waals surface area (Å²) in [6, 6.07) is 5.70.